The van der Waals surface area contributed by atoms with Gasteiger partial charge in [0.2, 0.25) is 0 Å². The molecule has 0 aliphatic heterocycles. The van der Waals surface area contributed by atoms with Crippen molar-refractivity contribution in [3.05, 3.63) is 87.8 Å². The summed E-state index contributed by atoms with van der Waals surface area (Å²) in [6.45, 7) is 0. The standard InChI is InChI=1S/C17H15N2O7PS2/c20-19(21)14-8-10-15(11-9-14)26-27(22,23)17(13-5-2-1-3-6-13)18(29(24)25)16-7-4-12-28-16/h1-12,17H,(H,22,23)(H,24,25). The van der Waals surface area contributed by atoms with Crippen molar-refractivity contribution < 1.29 is 27.7 Å². The number of hydrogen-bond acceptors (Lipinski definition) is 6. The molecule has 3 unspecified atom stereocenters. The maximum Gasteiger partial charge on any atom is 0.404 e. The van der Waals surface area contributed by atoms with Crippen molar-refractivity contribution in [2.75, 3.05) is 4.31 Å². The van der Waals surface area contributed by atoms with Gasteiger partial charge in [-0.1, -0.05) is 30.3 Å². The summed E-state index contributed by atoms with van der Waals surface area (Å²) in [7, 11) is -4.63. The second-order valence-electron chi connectivity index (χ2n) is 5.70. The van der Waals surface area contributed by atoms with Crippen molar-refractivity contribution in [3.8, 4) is 5.75 Å². The van der Waals surface area contributed by atoms with Crippen LogP contribution in [-0.4, -0.2) is 18.6 Å². The van der Waals surface area contributed by atoms with Crippen LogP contribution in [-0.2, 0) is 15.8 Å². The molecule has 3 aromatic rings. The van der Waals surface area contributed by atoms with Crippen LogP contribution < -0.4 is 8.83 Å². The van der Waals surface area contributed by atoms with Crippen molar-refractivity contribution in [2.24, 2.45) is 0 Å². The van der Waals surface area contributed by atoms with Gasteiger partial charge in [-0.05, 0) is 35.2 Å². The zero-order valence-electron chi connectivity index (χ0n) is 14.6. The molecule has 0 bridgehead atoms. The third kappa shape index (κ3) is 4.89. The molecule has 0 aliphatic rings. The summed E-state index contributed by atoms with van der Waals surface area (Å²) in [5, 5.41) is 12.7. The predicted octanol–water partition coefficient (Wildman–Crippen LogP) is 4.56. The predicted molar refractivity (Wildman–Crippen MR) is 110 cm³/mol. The molecular weight excluding hydrogens is 439 g/mol. The maximum absolute atomic E-state index is 13.3. The highest BCUT2D eigenvalue weighted by Gasteiger charge is 2.43. The van der Waals surface area contributed by atoms with Crippen molar-refractivity contribution >= 4 is 40.9 Å². The van der Waals surface area contributed by atoms with Gasteiger partial charge < -0.3 is 9.42 Å². The summed E-state index contributed by atoms with van der Waals surface area (Å²) in [6, 6.07) is 15.9. The lowest BCUT2D eigenvalue weighted by atomic mass is 10.2. The lowest BCUT2D eigenvalue weighted by Crippen LogP contribution is -2.30. The van der Waals surface area contributed by atoms with Gasteiger partial charge in [0.1, 0.15) is 10.8 Å². The Morgan fingerprint density at radius 1 is 1.10 bits per heavy atom. The topological polar surface area (TPSA) is 130 Å². The molecule has 9 nitrogen and oxygen atoms in total. The molecule has 0 saturated carbocycles. The van der Waals surface area contributed by atoms with Crippen LogP contribution in [0.4, 0.5) is 10.7 Å². The summed E-state index contributed by atoms with van der Waals surface area (Å²) < 4.78 is 41.4. The Labute approximate surface area is 172 Å². The van der Waals surface area contributed by atoms with Gasteiger partial charge in [-0.3, -0.25) is 14.7 Å². The first-order valence-corrected chi connectivity index (χ1v) is 11.6. The number of anilines is 1. The second-order valence-corrected chi connectivity index (χ2v) is 9.28. The minimum atomic E-state index is -4.63. The maximum atomic E-state index is 13.3. The van der Waals surface area contributed by atoms with Gasteiger partial charge in [0, 0.05) is 12.1 Å². The number of benzene rings is 2. The largest absolute Gasteiger partial charge is 0.423 e. The number of rotatable bonds is 8. The molecule has 0 amide bonds. The van der Waals surface area contributed by atoms with Crippen LogP contribution in [0.3, 0.4) is 0 Å². The zero-order chi connectivity index (χ0) is 21.0. The van der Waals surface area contributed by atoms with Crippen LogP contribution in [0.1, 0.15) is 11.3 Å². The van der Waals surface area contributed by atoms with Gasteiger partial charge in [-0.25, -0.2) is 13.1 Å². The average molecular weight is 454 g/mol. The molecule has 1 heterocycles. The van der Waals surface area contributed by atoms with E-state index in [2.05, 4.69) is 0 Å². The highest BCUT2D eigenvalue weighted by molar-refractivity contribution is 7.81. The lowest BCUT2D eigenvalue weighted by molar-refractivity contribution is -0.384. The second kappa shape index (κ2) is 8.85. The van der Waals surface area contributed by atoms with Gasteiger partial charge >= 0.3 is 7.60 Å². The quantitative estimate of drug-likeness (QED) is 0.221. The Morgan fingerprint density at radius 2 is 1.76 bits per heavy atom. The Balaban J connectivity index is 2.03. The molecule has 3 rings (SSSR count). The van der Waals surface area contributed by atoms with Gasteiger partial charge in [-0.2, -0.15) is 0 Å². The minimum absolute atomic E-state index is 0.0859. The smallest absolute Gasteiger partial charge is 0.404 e. The van der Waals surface area contributed by atoms with Crippen LogP contribution in [0.2, 0.25) is 0 Å². The molecule has 1 aromatic heterocycles. The summed E-state index contributed by atoms with van der Waals surface area (Å²) in [5.74, 6) is -1.58. The molecule has 0 radical (unpaired) electrons. The first kappa shape index (κ1) is 21.2. The summed E-state index contributed by atoms with van der Waals surface area (Å²) >= 11 is -1.52. The molecule has 0 saturated heterocycles. The zero-order valence-corrected chi connectivity index (χ0v) is 17.1. The molecule has 2 N–H and O–H groups in total. The van der Waals surface area contributed by atoms with Crippen LogP contribution in [0, 0.1) is 10.1 Å². The van der Waals surface area contributed by atoms with E-state index in [1.807, 2.05) is 0 Å². The third-order valence-electron chi connectivity index (χ3n) is 3.80. The fourth-order valence-electron chi connectivity index (χ4n) is 2.59. The molecule has 152 valence electrons. The molecule has 29 heavy (non-hydrogen) atoms. The van der Waals surface area contributed by atoms with Gasteiger partial charge in [0.25, 0.3) is 17.0 Å². The monoisotopic (exact) mass is 454 g/mol. The fourth-order valence-corrected chi connectivity index (χ4v) is 6.22. The van der Waals surface area contributed by atoms with Gasteiger partial charge in [0.15, 0.2) is 5.78 Å². The Bertz CT molecular complexity index is 1050. The van der Waals surface area contributed by atoms with Crippen molar-refractivity contribution in [1.29, 1.82) is 0 Å². The molecule has 3 atom stereocenters. The number of non-ortho nitro benzene ring substituents is 1. The number of nitro groups is 1. The van der Waals surface area contributed by atoms with Crippen LogP contribution in [0.25, 0.3) is 0 Å². The van der Waals surface area contributed by atoms with Crippen LogP contribution in [0.15, 0.2) is 72.1 Å². The molecular formula is C17H15N2O7PS2. The van der Waals surface area contributed by atoms with E-state index in [1.54, 1.807) is 47.8 Å². The third-order valence-corrected chi connectivity index (χ3v) is 7.31. The van der Waals surface area contributed by atoms with Crippen molar-refractivity contribution in [3.63, 3.8) is 0 Å². The van der Waals surface area contributed by atoms with Crippen LogP contribution >= 0.6 is 18.9 Å². The van der Waals surface area contributed by atoms with Crippen molar-refractivity contribution in [1.82, 2.24) is 0 Å². The number of thiophene rings is 1. The minimum Gasteiger partial charge on any atom is -0.423 e. The molecule has 0 fully saturated rings. The highest BCUT2D eigenvalue weighted by Crippen LogP contribution is 2.59. The Morgan fingerprint density at radius 3 is 2.28 bits per heavy atom. The Kier molecular flexibility index (Phi) is 6.46. The summed E-state index contributed by atoms with van der Waals surface area (Å²) in [4.78, 5) is 21.0. The molecule has 12 heteroatoms. The average Bonchev–Trinajstić information content (AvgIpc) is 3.20. The van der Waals surface area contributed by atoms with Crippen LogP contribution in [0.5, 0.6) is 5.75 Å². The van der Waals surface area contributed by atoms with E-state index in [0.29, 0.717) is 5.00 Å². The van der Waals surface area contributed by atoms with E-state index in [1.165, 1.54) is 12.1 Å². The van der Waals surface area contributed by atoms with E-state index in [0.717, 1.165) is 27.8 Å². The van der Waals surface area contributed by atoms with Gasteiger partial charge in [0.05, 0.1) is 4.92 Å². The first-order valence-electron chi connectivity index (χ1n) is 8.05. The fraction of sp³-hybridized carbons (Fsp3) is 0.0588. The van der Waals surface area contributed by atoms with E-state index < -0.39 is 29.6 Å². The summed E-state index contributed by atoms with van der Waals surface area (Å²) in [6.07, 6.45) is 0. The number of hydrogen-bond donors (Lipinski definition) is 2. The first-order chi connectivity index (χ1) is 13.8. The lowest BCUT2D eigenvalue weighted by Gasteiger charge is -2.31. The highest BCUT2D eigenvalue weighted by atomic mass is 32.2. The van der Waals surface area contributed by atoms with E-state index >= 15 is 0 Å². The normalized spacial score (nSPS) is 15.1. The number of nitro benzene ring substituents is 1. The van der Waals surface area contributed by atoms with Gasteiger partial charge in [-0.15, -0.1) is 11.3 Å². The molecule has 0 aliphatic carbocycles. The van der Waals surface area contributed by atoms with E-state index in [4.69, 9.17) is 4.52 Å². The van der Waals surface area contributed by atoms with Crippen molar-refractivity contribution in [2.45, 2.75) is 5.78 Å². The molecule has 2 aromatic carbocycles. The molecule has 0 spiro atoms. The summed E-state index contributed by atoms with van der Waals surface area (Å²) in [5.41, 5.74) is 0.0810. The Hall–Kier alpha value is -2.56. The SMILES string of the molecule is O=[N+]([O-])c1ccc(OP(=O)(O)C(c2ccccc2)N(c2cccs2)S(=O)O)cc1. The van der Waals surface area contributed by atoms with E-state index in [9.17, 15) is 28.3 Å². The number of nitrogens with zero attached hydrogens (tertiary/aromatic N) is 2. The van der Waals surface area contributed by atoms with E-state index in [-0.39, 0.29) is 17.0 Å².